The number of esters is 4. The SMILES string of the molecule is C[C@H](OC(=O)CO)C(=O)OCC(=O)O[C@@H](C)C(=O)OCc1ccccc1. The van der Waals surface area contributed by atoms with Crippen LogP contribution in [-0.4, -0.2) is 54.4 Å². The molecule has 26 heavy (non-hydrogen) atoms. The Bertz CT molecular complexity index is 626. The number of aliphatic hydroxyl groups is 1. The normalized spacial score (nSPS) is 12.4. The molecule has 0 unspecified atom stereocenters. The van der Waals surface area contributed by atoms with Gasteiger partial charge < -0.3 is 24.1 Å². The molecule has 1 aromatic rings. The first-order valence-electron chi connectivity index (χ1n) is 7.70. The molecular weight excluding hydrogens is 348 g/mol. The van der Waals surface area contributed by atoms with Crippen LogP contribution in [0.15, 0.2) is 30.3 Å². The van der Waals surface area contributed by atoms with Crippen LogP contribution >= 0.6 is 0 Å². The molecule has 0 saturated heterocycles. The Kier molecular flexibility index (Phi) is 8.79. The molecule has 9 heteroatoms. The molecule has 0 spiro atoms. The summed E-state index contributed by atoms with van der Waals surface area (Å²) in [5.74, 6) is -3.73. The second-order valence-electron chi connectivity index (χ2n) is 5.12. The third kappa shape index (κ3) is 7.75. The first-order valence-corrected chi connectivity index (χ1v) is 7.70. The van der Waals surface area contributed by atoms with Gasteiger partial charge >= 0.3 is 23.9 Å². The Hall–Kier alpha value is -2.94. The molecule has 0 amide bonds. The van der Waals surface area contributed by atoms with Gasteiger partial charge in [0.2, 0.25) is 0 Å². The van der Waals surface area contributed by atoms with Crippen LogP contribution in [0.1, 0.15) is 19.4 Å². The molecule has 0 radical (unpaired) electrons. The number of benzene rings is 1. The second kappa shape index (κ2) is 10.8. The van der Waals surface area contributed by atoms with Crippen molar-refractivity contribution in [2.75, 3.05) is 13.2 Å². The van der Waals surface area contributed by atoms with Crippen LogP contribution in [-0.2, 0) is 44.7 Å². The van der Waals surface area contributed by atoms with Crippen molar-refractivity contribution in [2.24, 2.45) is 0 Å². The number of hydrogen-bond donors (Lipinski definition) is 1. The quantitative estimate of drug-likeness (QED) is 0.478. The molecule has 0 aromatic heterocycles. The van der Waals surface area contributed by atoms with E-state index in [-0.39, 0.29) is 6.61 Å². The lowest BCUT2D eigenvalue weighted by molar-refractivity contribution is -0.176. The summed E-state index contributed by atoms with van der Waals surface area (Å²) in [5.41, 5.74) is 0.778. The van der Waals surface area contributed by atoms with Crippen molar-refractivity contribution in [2.45, 2.75) is 32.7 Å². The molecule has 0 fully saturated rings. The maximum absolute atomic E-state index is 11.8. The van der Waals surface area contributed by atoms with Crippen LogP contribution in [0.4, 0.5) is 0 Å². The molecule has 1 aromatic carbocycles. The lowest BCUT2D eigenvalue weighted by Crippen LogP contribution is -2.31. The van der Waals surface area contributed by atoms with Crippen LogP contribution in [0.5, 0.6) is 0 Å². The number of aliphatic hydroxyl groups excluding tert-OH is 1. The third-order valence-corrected chi connectivity index (χ3v) is 2.97. The van der Waals surface area contributed by atoms with E-state index in [1.54, 1.807) is 24.3 Å². The maximum Gasteiger partial charge on any atom is 0.347 e. The van der Waals surface area contributed by atoms with Gasteiger partial charge in [-0.05, 0) is 19.4 Å². The Morgan fingerprint density at radius 2 is 1.42 bits per heavy atom. The summed E-state index contributed by atoms with van der Waals surface area (Å²) in [6.07, 6.45) is -2.48. The lowest BCUT2D eigenvalue weighted by atomic mass is 10.2. The summed E-state index contributed by atoms with van der Waals surface area (Å²) in [4.78, 5) is 45.7. The molecule has 0 saturated carbocycles. The van der Waals surface area contributed by atoms with E-state index >= 15 is 0 Å². The van der Waals surface area contributed by atoms with E-state index in [9.17, 15) is 19.2 Å². The zero-order valence-electron chi connectivity index (χ0n) is 14.4. The van der Waals surface area contributed by atoms with Crippen LogP contribution in [0.2, 0.25) is 0 Å². The highest BCUT2D eigenvalue weighted by Crippen LogP contribution is 2.04. The number of rotatable bonds is 9. The number of carbonyl (C=O) groups excluding carboxylic acids is 4. The maximum atomic E-state index is 11.8. The Labute approximate surface area is 149 Å². The molecule has 2 atom stereocenters. The summed E-state index contributed by atoms with van der Waals surface area (Å²) in [5, 5.41) is 8.51. The first kappa shape index (κ1) is 21.1. The summed E-state index contributed by atoms with van der Waals surface area (Å²) in [6, 6.07) is 8.95. The minimum absolute atomic E-state index is 0.0320. The highest BCUT2D eigenvalue weighted by molar-refractivity contribution is 5.83. The van der Waals surface area contributed by atoms with Crippen molar-refractivity contribution in [3.8, 4) is 0 Å². The smallest absolute Gasteiger partial charge is 0.347 e. The third-order valence-electron chi connectivity index (χ3n) is 2.97. The van der Waals surface area contributed by atoms with Crippen LogP contribution in [0, 0.1) is 0 Å². The van der Waals surface area contributed by atoms with Crippen LogP contribution in [0.25, 0.3) is 0 Å². The molecule has 0 aliphatic rings. The van der Waals surface area contributed by atoms with Gasteiger partial charge in [-0.1, -0.05) is 30.3 Å². The van der Waals surface area contributed by atoms with Crippen molar-refractivity contribution in [3.05, 3.63) is 35.9 Å². The predicted octanol–water partition coefficient (Wildman–Crippen LogP) is 0.129. The van der Waals surface area contributed by atoms with Crippen molar-refractivity contribution < 1.29 is 43.2 Å². The van der Waals surface area contributed by atoms with E-state index < -0.39 is 49.3 Å². The molecule has 0 aliphatic heterocycles. The fourth-order valence-electron chi connectivity index (χ4n) is 1.66. The average molecular weight is 368 g/mol. The molecule has 0 heterocycles. The number of ether oxygens (including phenoxy) is 4. The number of hydrogen-bond acceptors (Lipinski definition) is 9. The Morgan fingerprint density at radius 1 is 0.885 bits per heavy atom. The monoisotopic (exact) mass is 368 g/mol. The lowest BCUT2D eigenvalue weighted by Gasteiger charge is -2.14. The van der Waals surface area contributed by atoms with Crippen LogP contribution in [0.3, 0.4) is 0 Å². The number of carbonyl (C=O) groups is 4. The van der Waals surface area contributed by atoms with Gasteiger partial charge in [-0.25, -0.2) is 19.2 Å². The highest BCUT2D eigenvalue weighted by Gasteiger charge is 2.23. The molecule has 0 bridgehead atoms. The molecular formula is C17H20O9. The predicted molar refractivity (Wildman–Crippen MR) is 85.4 cm³/mol. The first-order chi connectivity index (χ1) is 12.3. The fraction of sp³-hybridized carbons (Fsp3) is 0.412. The fourth-order valence-corrected chi connectivity index (χ4v) is 1.66. The van der Waals surface area contributed by atoms with E-state index in [1.807, 2.05) is 6.07 Å². The topological polar surface area (TPSA) is 125 Å². The van der Waals surface area contributed by atoms with Gasteiger partial charge in [0.15, 0.2) is 18.8 Å². The standard InChI is InChI=1S/C17H20O9/c1-11(25-14(19)8-18)17(22)24-10-15(20)26-12(2)16(21)23-9-13-6-4-3-5-7-13/h3-7,11-12,18H,8-10H2,1-2H3/t11-,12-/m0/s1. The van der Waals surface area contributed by atoms with Gasteiger partial charge in [-0.15, -0.1) is 0 Å². The minimum Gasteiger partial charge on any atom is -0.458 e. The van der Waals surface area contributed by atoms with E-state index in [0.29, 0.717) is 0 Å². The average Bonchev–Trinajstić information content (AvgIpc) is 2.64. The molecule has 142 valence electrons. The summed E-state index contributed by atoms with van der Waals surface area (Å²) in [6.45, 7) is 0.909. The molecule has 1 N–H and O–H groups in total. The van der Waals surface area contributed by atoms with Gasteiger partial charge in [0, 0.05) is 0 Å². The van der Waals surface area contributed by atoms with E-state index in [2.05, 4.69) is 9.47 Å². The van der Waals surface area contributed by atoms with E-state index in [4.69, 9.17) is 14.6 Å². The van der Waals surface area contributed by atoms with Crippen LogP contribution < -0.4 is 0 Å². The minimum atomic E-state index is -1.30. The van der Waals surface area contributed by atoms with Gasteiger partial charge in [0.25, 0.3) is 0 Å². The van der Waals surface area contributed by atoms with Crippen molar-refractivity contribution in [1.29, 1.82) is 0 Å². The Morgan fingerprint density at radius 3 is 2.00 bits per heavy atom. The molecule has 1 rings (SSSR count). The summed E-state index contributed by atoms with van der Waals surface area (Å²) < 4.78 is 18.9. The van der Waals surface area contributed by atoms with Gasteiger partial charge in [0.05, 0.1) is 0 Å². The molecule has 0 aliphatic carbocycles. The zero-order chi connectivity index (χ0) is 19.5. The van der Waals surface area contributed by atoms with E-state index in [1.165, 1.54) is 13.8 Å². The summed E-state index contributed by atoms with van der Waals surface area (Å²) >= 11 is 0. The second-order valence-corrected chi connectivity index (χ2v) is 5.12. The van der Waals surface area contributed by atoms with E-state index in [0.717, 1.165) is 5.56 Å². The van der Waals surface area contributed by atoms with Crippen molar-refractivity contribution in [3.63, 3.8) is 0 Å². The van der Waals surface area contributed by atoms with Gasteiger partial charge in [-0.2, -0.15) is 0 Å². The van der Waals surface area contributed by atoms with Gasteiger partial charge in [0.1, 0.15) is 13.2 Å². The highest BCUT2D eigenvalue weighted by atomic mass is 16.6. The molecule has 9 nitrogen and oxygen atoms in total. The summed E-state index contributed by atoms with van der Waals surface area (Å²) in [7, 11) is 0. The largest absolute Gasteiger partial charge is 0.458 e. The Balaban J connectivity index is 2.31. The van der Waals surface area contributed by atoms with Crippen molar-refractivity contribution >= 4 is 23.9 Å². The zero-order valence-corrected chi connectivity index (χ0v) is 14.4. The van der Waals surface area contributed by atoms with Crippen molar-refractivity contribution in [1.82, 2.24) is 0 Å². The van der Waals surface area contributed by atoms with Gasteiger partial charge in [-0.3, -0.25) is 0 Å².